The molecule has 0 saturated carbocycles. The van der Waals surface area contributed by atoms with Gasteiger partial charge in [-0.1, -0.05) is 68.7 Å². The maximum atomic E-state index is 12.3. The van der Waals surface area contributed by atoms with Crippen LogP contribution in [0, 0.1) is 0 Å². The van der Waals surface area contributed by atoms with Gasteiger partial charge in [0.15, 0.2) is 0 Å². The second-order valence-electron chi connectivity index (χ2n) is 6.11. The number of pyridine rings is 1. The number of para-hydroxylation sites is 1. The molecule has 2 aromatic carbocycles. The molecular weight excluding hydrogens is 474 g/mol. The minimum Gasteiger partial charge on any atom is -0.321 e. The van der Waals surface area contributed by atoms with Crippen molar-refractivity contribution in [2.75, 3.05) is 0 Å². The van der Waals surface area contributed by atoms with Crippen molar-refractivity contribution in [3.63, 3.8) is 0 Å². The van der Waals surface area contributed by atoms with Crippen LogP contribution in [-0.2, 0) is 26.5 Å². The molecule has 0 atom stereocenters. The third-order valence-corrected chi connectivity index (χ3v) is 4.34. The average molecular weight is 498 g/mol. The Morgan fingerprint density at radius 1 is 0.917 bits per heavy atom. The number of benzene rings is 2. The van der Waals surface area contributed by atoms with E-state index in [1.807, 2.05) is 30.3 Å². The van der Waals surface area contributed by atoms with Crippen LogP contribution in [0.1, 0.15) is 38.2 Å². The molecule has 3 aromatic rings. The van der Waals surface area contributed by atoms with Crippen LogP contribution < -0.4 is 5.56 Å². The first-order chi connectivity index (χ1) is 11.3. The Hall–Kier alpha value is -1.70. The zero-order valence-corrected chi connectivity index (χ0v) is 16.4. The van der Waals surface area contributed by atoms with Crippen molar-refractivity contribution >= 4 is 10.9 Å². The molecule has 0 aliphatic rings. The van der Waals surface area contributed by atoms with Crippen LogP contribution in [0.25, 0.3) is 22.0 Å². The van der Waals surface area contributed by atoms with E-state index < -0.39 is 0 Å². The molecule has 2 nitrogen and oxygen atoms in total. The summed E-state index contributed by atoms with van der Waals surface area (Å²) < 4.78 is 0. The largest absolute Gasteiger partial charge is 0.321 e. The molecule has 0 aliphatic heterocycles. The van der Waals surface area contributed by atoms with Crippen LogP contribution in [0.4, 0.5) is 0 Å². The number of unbranched alkanes of at least 4 members (excludes halogenated alkanes) is 3. The van der Waals surface area contributed by atoms with E-state index in [4.69, 9.17) is 0 Å². The average Bonchev–Trinajstić information content (AvgIpc) is 2.59. The fourth-order valence-corrected chi connectivity index (χ4v) is 2.97. The zero-order valence-electron chi connectivity index (χ0n) is 14.0. The van der Waals surface area contributed by atoms with Crippen LogP contribution in [0.15, 0.2) is 59.4 Å². The number of H-pyrrole nitrogens is 1. The molecule has 0 unspecified atom stereocenters. The topological polar surface area (TPSA) is 32.9 Å². The molecule has 1 aromatic heterocycles. The third-order valence-electron chi connectivity index (χ3n) is 4.34. The van der Waals surface area contributed by atoms with Crippen LogP contribution in [0.3, 0.4) is 0 Å². The molecule has 0 amide bonds. The molecule has 24 heavy (non-hydrogen) atoms. The molecule has 0 spiro atoms. The first kappa shape index (κ1) is 18.6. The number of aryl methyl sites for hydroxylation is 1. The molecule has 3 heteroatoms. The van der Waals surface area contributed by atoms with Crippen molar-refractivity contribution in [1.29, 1.82) is 0 Å². The molecule has 3 rings (SSSR count). The fourth-order valence-electron chi connectivity index (χ4n) is 2.97. The maximum Gasteiger partial charge on any atom is 0.256 e. The molecular formula is C21H23IrNO. The molecule has 1 heterocycles. The van der Waals surface area contributed by atoms with Gasteiger partial charge in [-0.15, -0.1) is 0 Å². The fraction of sp³-hybridized carbons (Fsp3) is 0.286. The van der Waals surface area contributed by atoms with Gasteiger partial charge in [-0.3, -0.25) is 4.79 Å². The minimum atomic E-state index is -0.0283. The Labute approximate surface area is 156 Å². The van der Waals surface area contributed by atoms with E-state index in [0.717, 1.165) is 28.5 Å². The van der Waals surface area contributed by atoms with Crippen molar-refractivity contribution in [1.82, 2.24) is 4.98 Å². The molecule has 0 bridgehead atoms. The van der Waals surface area contributed by atoms with Gasteiger partial charge < -0.3 is 4.98 Å². The zero-order chi connectivity index (χ0) is 16.1. The smallest absolute Gasteiger partial charge is 0.256 e. The summed E-state index contributed by atoms with van der Waals surface area (Å²) in [5.41, 5.74) is 3.92. The SMILES string of the molecule is CCCCCCc1ccc(-c2cc3ccccc3[nH]c2=O)cc1.[Ir]. The quantitative estimate of drug-likeness (QED) is 0.460. The van der Waals surface area contributed by atoms with E-state index in [-0.39, 0.29) is 25.7 Å². The molecule has 1 N–H and O–H groups in total. The van der Waals surface area contributed by atoms with Gasteiger partial charge in [0.1, 0.15) is 0 Å². The summed E-state index contributed by atoms with van der Waals surface area (Å²) in [6.45, 7) is 2.23. The van der Waals surface area contributed by atoms with E-state index in [1.54, 1.807) is 0 Å². The normalized spacial score (nSPS) is 10.5. The third kappa shape index (κ3) is 4.43. The number of aromatic nitrogens is 1. The van der Waals surface area contributed by atoms with Gasteiger partial charge in [0.05, 0.1) is 0 Å². The summed E-state index contributed by atoms with van der Waals surface area (Å²) in [5.74, 6) is 0. The van der Waals surface area contributed by atoms with Crippen LogP contribution in [-0.4, -0.2) is 4.98 Å². The second-order valence-corrected chi connectivity index (χ2v) is 6.11. The number of rotatable bonds is 6. The van der Waals surface area contributed by atoms with Gasteiger partial charge in [-0.25, -0.2) is 0 Å². The minimum absolute atomic E-state index is 0. The second kappa shape index (κ2) is 8.96. The van der Waals surface area contributed by atoms with E-state index in [9.17, 15) is 4.79 Å². The van der Waals surface area contributed by atoms with Crippen molar-refractivity contribution in [2.24, 2.45) is 0 Å². The van der Waals surface area contributed by atoms with Crippen molar-refractivity contribution < 1.29 is 20.1 Å². The van der Waals surface area contributed by atoms with E-state index in [1.165, 1.54) is 31.2 Å². The van der Waals surface area contributed by atoms with Crippen LogP contribution >= 0.6 is 0 Å². The number of hydrogen-bond acceptors (Lipinski definition) is 1. The summed E-state index contributed by atoms with van der Waals surface area (Å²) in [5, 5.41) is 1.06. The Morgan fingerprint density at radius 3 is 2.42 bits per heavy atom. The van der Waals surface area contributed by atoms with Crippen molar-refractivity contribution in [2.45, 2.75) is 39.0 Å². The first-order valence-electron chi connectivity index (χ1n) is 8.49. The van der Waals surface area contributed by atoms with Gasteiger partial charge in [-0.2, -0.15) is 0 Å². The van der Waals surface area contributed by atoms with Gasteiger partial charge in [0, 0.05) is 31.2 Å². The monoisotopic (exact) mass is 498 g/mol. The predicted molar refractivity (Wildman–Crippen MR) is 97.9 cm³/mol. The summed E-state index contributed by atoms with van der Waals surface area (Å²) in [4.78, 5) is 15.3. The number of nitrogens with one attached hydrogen (secondary N) is 1. The van der Waals surface area contributed by atoms with Crippen LogP contribution in [0.2, 0.25) is 0 Å². The summed E-state index contributed by atoms with van der Waals surface area (Å²) in [7, 11) is 0. The van der Waals surface area contributed by atoms with Gasteiger partial charge in [0.2, 0.25) is 0 Å². The predicted octanol–water partition coefficient (Wildman–Crippen LogP) is 5.32. The van der Waals surface area contributed by atoms with Gasteiger partial charge in [-0.05, 0) is 41.5 Å². The van der Waals surface area contributed by atoms with Crippen molar-refractivity contribution in [3.05, 3.63) is 70.5 Å². The Bertz CT molecular complexity index is 836. The van der Waals surface area contributed by atoms with E-state index in [2.05, 4.69) is 36.2 Å². The Kier molecular flexibility index (Phi) is 6.96. The Balaban J connectivity index is 0.00000208. The first-order valence-corrected chi connectivity index (χ1v) is 8.49. The number of aromatic amines is 1. The molecule has 1 radical (unpaired) electrons. The van der Waals surface area contributed by atoms with E-state index >= 15 is 0 Å². The summed E-state index contributed by atoms with van der Waals surface area (Å²) in [6, 6.07) is 18.3. The van der Waals surface area contributed by atoms with Gasteiger partial charge in [0.25, 0.3) is 5.56 Å². The van der Waals surface area contributed by atoms with Gasteiger partial charge >= 0.3 is 0 Å². The number of fused-ring (bicyclic) bond motifs is 1. The Morgan fingerprint density at radius 2 is 1.67 bits per heavy atom. The number of hydrogen-bond donors (Lipinski definition) is 1. The maximum absolute atomic E-state index is 12.3. The summed E-state index contributed by atoms with van der Waals surface area (Å²) >= 11 is 0. The molecule has 0 aliphatic carbocycles. The summed E-state index contributed by atoms with van der Waals surface area (Å²) in [6.07, 6.45) is 6.23. The van der Waals surface area contributed by atoms with E-state index in [0.29, 0.717) is 0 Å². The standard InChI is InChI=1S/C21H23NO.Ir/c1-2-3-4-5-8-16-11-13-17(14-12-16)19-15-18-9-6-7-10-20(18)22-21(19)23;/h6-7,9-15H,2-5,8H2,1H3,(H,22,23);. The van der Waals surface area contributed by atoms with Crippen LogP contribution in [0.5, 0.6) is 0 Å². The molecule has 127 valence electrons. The van der Waals surface area contributed by atoms with Crippen molar-refractivity contribution in [3.8, 4) is 11.1 Å². The molecule has 0 saturated heterocycles. The molecule has 0 fully saturated rings.